The van der Waals surface area contributed by atoms with Crippen molar-refractivity contribution in [3.63, 3.8) is 0 Å². The van der Waals surface area contributed by atoms with Gasteiger partial charge in [-0.05, 0) is 75.1 Å². The second-order valence-electron chi connectivity index (χ2n) is 10.3. The van der Waals surface area contributed by atoms with Crippen molar-refractivity contribution < 1.29 is 28.6 Å². The van der Waals surface area contributed by atoms with Crippen molar-refractivity contribution in [1.82, 2.24) is 10.2 Å². The summed E-state index contributed by atoms with van der Waals surface area (Å²) in [5.41, 5.74) is 2.12. The van der Waals surface area contributed by atoms with E-state index in [0.29, 0.717) is 35.7 Å². The molecule has 190 valence electrons. The van der Waals surface area contributed by atoms with Crippen molar-refractivity contribution >= 4 is 29.4 Å². The van der Waals surface area contributed by atoms with Crippen LogP contribution in [0.25, 0.3) is 0 Å². The van der Waals surface area contributed by atoms with E-state index in [-0.39, 0.29) is 43.0 Å². The molecule has 2 amide bonds. The topological polar surface area (TPSA) is 94.2 Å². The zero-order chi connectivity index (χ0) is 25.6. The summed E-state index contributed by atoms with van der Waals surface area (Å²) in [5.74, 6) is 0.606. The van der Waals surface area contributed by atoms with Crippen molar-refractivity contribution in [1.29, 1.82) is 0 Å². The third kappa shape index (κ3) is 5.00. The van der Waals surface area contributed by atoms with E-state index in [1.807, 2.05) is 32.9 Å². The van der Waals surface area contributed by atoms with Gasteiger partial charge < -0.3 is 24.4 Å². The first kappa shape index (κ1) is 24.4. The predicted molar refractivity (Wildman–Crippen MR) is 133 cm³/mol. The fourth-order valence-electron chi connectivity index (χ4n) is 5.25. The van der Waals surface area contributed by atoms with Gasteiger partial charge in [0.05, 0.1) is 18.5 Å². The smallest absolute Gasteiger partial charge is 0.410 e. The number of hydrogen-bond acceptors (Lipinski definition) is 6. The van der Waals surface area contributed by atoms with Crippen LogP contribution in [-0.2, 0) is 9.53 Å². The molecule has 2 aromatic carbocycles. The van der Waals surface area contributed by atoms with Gasteiger partial charge in [0.15, 0.2) is 18.0 Å². The van der Waals surface area contributed by atoms with Crippen molar-refractivity contribution in [2.75, 3.05) is 13.2 Å². The Labute approximate surface area is 214 Å². The Morgan fingerprint density at radius 2 is 1.86 bits per heavy atom. The summed E-state index contributed by atoms with van der Waals surface area (Å²) in [5, 5.41) is 3.46. The zero-order valence-corrected chi connectivity index (χ0v) is 21.3. The quantitative estimate of drug-likeness (QED) is 0.622. The summed E-state index contributed by atoms with van der Waals surface area (Å²) in [4.78, 5) is 39.6. The summed E-state index contributed by atoms with van der Waals surface area (Å²) >= 11 is 5.97. The van der Waals surface area contributed by atoms with Crippen molar-refractivity contribution in [3.8, 4) is 11.5 Å². The first-order chi connectivity index (χ1) is 17.1. The van der Waals surface area contributed by atoms with Crippen LogP contribution in [0.4, 0.5) is 4.79 Å². The molecule has 0 bridgehead atoms. The number of halogens is 1. The highest BCUT2D eigenvalue weighted by Crippen LogP contribution is 2.38. The highest BCUT2D eigenvalue weighted by molar-refractivity contribution is 6.31. The molecule has 2 aromatic rings. The number of nitrogens with zero attached hydrogens (tertiary/aromatic N) is 1. The Kier molecular flexibility index (Phi) is 6.32. The number of nitrogens with one attached hydrogen (secondary N) is 1. The minimum atomic E-state index is -0.898. The minimum Gasteiger partial charge on any atom is -0.490 e. The largest absolute Gasteiger partial charge is 0.490 e. The summed E-state index contributed by atoms with van der Waals surface area (Å²) in [6.45, 7) is 6.68. The van der Waals surface area contributed by atoms with E-state index in [4.69, 9.17) is 25.8 Å². The number of ketones is 1. The molecule has 1 N–H and O–H groups in total. The molecule has 1 aliphatic carbocycles. The molecule has 1 saturated carbocycles. The number of benzene rings is 2. The molecule has 8 nitrogen and oxygen atoms in total. The highest BCUT2D eigenvalue weighted by Gasteiger charge is 2.49. The first-order valence-corrected chi connectivity index (χ1v) is 12.5. The lowest BCUT2D eigenvalue weighted by molar-refractivity contribution is -0.131. The van der Waals surface area contributed by atoms with Gasteiger partial charge in [0.25, 0.3) is 5.91 Å². The number of amides is 2. The number of rotatable bonds is 6. The molecule has 1 unspecified atom stereocenters. The van der Waals surface area contributed by atoms with Crippen LogP contribution in [0.1, 0.15) is 47.7 Å². The molecule has 1 saturated heterocycles. The normalized spacial score (nSPS) is 27.0. The number of fused-ring (bicyclic) bond motifs is 1. The number of ether oxygens (including phenoxy) is 3. The second-order valence-corrected chi connectivity index (χ2v) is 10.7. The summed E-state index contributed by atoms with van der Waals surface area (Å²) < 4.78 is 17.2. The zero-order valence-electron chi connectivity index (χ0n) is 20.5. The predicted octanol–water partition coefficient (Wildman–Crippen LogP) is 4.23. The Morgan fingerprint density at radius 1 is 1.14 bits per heavy atom. The Balaban J connectivity index is 1.12. The monoisotopic (exact) mass is 512 g/mol. The van der Waals surface area contributed by atoms with Crippen LogP contribution in [0.2, 0.25) is 5.02 Å². The van der Waals surface area contributed by atoms with Crippen LogP contribution in [0.3, 0.4) is 0 Å². The maximum absolute atomic E-state index is 12.9. The first-order valence-electron chi connectivity index (χ1n) is 12.1. The molecule has 2 aliphatic heterocycles. The van der Waals surface area contributed by atoms with Gasteiger partial charge in [-0.2, -0.15) is 0 Å². The fourth-order valence-corrected chi connectivity index (χ4v) is 5.43. The lowest BCUT2D eigenvalue weighted by Crippen LogP contribution is -2.64. The number of carbonyl (C=O) groups is 3. The van der Waals surface area contributed by atoms with E-state index < -0.39 is 11.6 Å². The van der Waals surface area contributed by atoms with E-state index in [1.165, 1.54) is 0 Å². The third-order valence-corrected chi connectivity index (χ3v) is 7.18. The number of aryl methyl sites for hydroxylation is 2. The Hall–Kier alpha value is -3.26. The van der Waals surface area contributed by atoms with E-state index in [1.54, 1.807) is 23.1 Å². The molecule has 36 heavy (non-hydrogen) atoms. The molecule has 5 rings (SSSR count). The van der Waals surface area contributed by atoms with Crippen molar-refractivity contribution in [2.24, 2.45) is 0 Å². The maximum atomic E-state index is 12.9. The molecule has 0 radical (unpaired) electrons. The number of cyclic esters (lactones) is 1. The van der Waals surface area contributed by atoms with Crippen LogP contribution >= 0.6 is 11.6 Å². The lowest BCUT2D eigenvalue weighted by Gasteiger charge is -2.48. The lowest BCUT2D eigenvalue weighted by atomic mass is 9.73. The molecule has 0 spiro atoms. The minimum absolute atomic E-state index is 0.0363. The maximum Gasteiger partial charge on any atom is 0.410 e. The van der Waals surface area contributed by atoms with Crippen LogP contribution < -0.4 is 14.8 Å². The van der Waals surface area contributed by atoms with E-state index >= 15 is 0 Å². The van der Waals surface area contributed by atoms with Crippen molar-refractivity contribution in [2.45, 2.75) is 63.8 Å². The summed E-state index contributed by atoms with van der Waals surface area (Å²) in [6, 6.07) is 10.7. The van der Waals surface area contributed by atoms with Gasteiger partial charge in [0.1, 0.15) is 18.1 Å². The SMILES string of the molecule is Cc1cc(C)cc(OCC2CN(C3CC(C)(NC(=O)[C@H]4CC(=O)c5cc(Cl)ccc5O4)C3)C(=O)O2)c1. The van der Waals surface area contributed by atoms with E-state index in [0.717, 1.165) is 16.9 Å². The Bertz CT molecular complexity index is 1200. The van der Waals surface area contributed by atoms with Crippen LogP contribution in [0, 0.1) is 13.8 Å². The molecule has 9 heteroatoms. The molecule has 2 fully saturated rings. The Morgan fingerprint density at radius 3 is 2.58 bits per heavy atom. The molecular weight excluding hydrogens is 484 g/mol. The fraction of sp³-hybridized carbons (Fsp3) is 0.444. The third-order valence-electron chi connectivity index (χ3n) is 6.95. The molecule has 3 aliphatic rings. The van der Waals surface area contributed by atoms with Gasteiger partial charge in [-0.15, -0.1) is 0 Å². The van der Waals surface area contributed by atoms with Gasteiger partial charge >= 0.3 is 6.09 Å². The van der Waals surface area contributed by atoms with E-state index in [9.17, 15) is 14.4 Å². The highest BCUT2D eigenvalue weighted by atomic mass is 35.5. The van der Waals surface area contributed by atoms with Gasteiger partial charge in [0.2, 0.25) is 0 Å². The van der Waals surface area contributed by atoms with Gasteiger partial charge in [-0.25, -0.2) is 4.79 Å². The van der Waals surface area contributed by atoms with Crippen molar-refractivity contribution in [3.05, 3.63) is 58.1 Å². The molecule has 2 atom stereocenters. The summed E-state index contributed by atoms with van der Waals surface area (Å²) in [7, 11) is 0. The number of carbonyl (C=O) groups excluding carboxylic acids is 3. The average molecular weight is 513 g/mol. The second kappa shape index (κ2) is 9.32. The number of hydrogen-bond donors (Lipinski definition) is 1. The average Bonchev–Trinajstić information content (AvgIpc) is 3.15. The molecule has 0 aromatic heterocycles. The number of Topliss-reactive ketones (excluding diaryl/α,β-unsaturated/α-hetero) is 1. The van der Waals surface area contributed by atoms with Gasteiger partial charge in [-0.1, -0.05) is 17.7 Å². The summed E-state index contributed by atoms with van der Waals surface area (Å²) in [6.07, 6.45) is -0.477. The van der Waals surface area contributed by atoms with E-state index in [2.05, 4.69) is 11.4 Å². The van der Waals surface area contributed by atoms with Crippen LogP contribution in [0.5, 0.6) is 11.5 Å². The van der Waals surface area contributed by atoms with Gasteiger partial charge in [0, 0.05) is 16.6 Å². The molecular formula is C27H29ClN2O6. The van der Waals surface area contributed by atoms with Gasteiger partial charge in [-0.3, -0.25) is 9.59 Å². The van der Waals surface area contributed by atoms with Crippen LogP contribution in [-0.4, -0.2) is 59.6 Å². The molecule has 2 heterocycles. The standard InChI is InChI=1S/C27H29ClN2O6/c1-15-6-16(2)8-19(7-15)34-14-20-13-30(26(33)35-20)18-11-27(3,12-18)29-25(32)24-10-22(31)21-9-17(28)4-5-23(21)36-24/h4-9,18,20,24H,10-14H2,1-3H3,(H,29,32)/t18?,20?,24-,27?/m1/s1. The van der Waals surface area contributed by atoms with Crippen LogP contribution in [0.15, 0.2) is 36.4 Å².